The monoisotopic (exact) mass is 272 g/mol. The van der Waals surface area contributed by atoms with Crippen molar-refractivity contribution in [3.05, 3.63) is 41.9 Å². The van der Waals surface area contributed by atoms with E-state index < -0.39 is 12.1 Å². The average molecular weight is 272 g/mol. The quantitative estimate of drug-likeness (QED) is 0.919. The van der Waals surface area contributed by atoms with Crippen molar-refractivity contribution in [1.82, 2.24) is 9.97 Å². The molecule has 0 aliphatic carbocycles. The first-order chi connectivity index (χ1) is 9.63. The van der Waals surface area contributed by atoms with Crippen molar-refractivity contribution in [2.75, 3.05) is 0 Å². The van der Waals surface area contributed by atoms with Gasteiger partial charge in [0.15, 0.2) is 6.10 Å². The molecule has 0 saturated carbocycles. The molecule has 1 unspecified atom stereocenters. The van der Waals surface area contributed by atoms with Gasteiger partial charge in [-0.1, -0.05) is 6.07 Å². The number of ether oxygens (including phenoxy) is 2. The van der Waals surface area contributed by atoms with Crippen LogP contribution in [0.25, 0.3) is 0 Å². The molecule has 0 radical (unpaired) electrons. The number of nitrogens with zero attached hydrogens (tertiary/aromatic N) is 2. The van der Waals surface area contributed by atoms with Crippen LogP contribution in [-0.4, -0.2) is 27.1 Å². The Labute approximate surface area is 115 Å². The maximum absolute atomic E-state index is 10.9. The minimum Gasteiger partial charge on any atom is -0.478 e. The lowest BCUT2D eigenvalue weighted by molar-refractivity contribution is -0.144. The zero-order chi connectivity index (χ0) is 14.1. The Morgan fingerprint density at radius 3 is 2.95 bits per heavy atom. The second kappa shape index (κ2) is 4.80. The summed E-state index contributed by atoms with van der Waals surface area (Å²) in [4.78, 5) is 19.1. The number of benzene rings is 1. The van der Waals surface area contributed by atoms with E-state index in [1.165, 1.54) is 0 Å². The van der Waals surface area contributed by atoms with E-state index in [0.717, 1.165) is 5.56 Å². The zero-order valence-corrected chi connectivity index (χ0v) is 10.7. The van der Waals surface area contributed by atoms with Crippen LogP contribution in [0.5, 0.6) is 17.4 Å². The molecule has 0 spiro atoms. The number of fused-ring (bicyclic) bond motifs is 1. The van der Waals surface area contributed by atoms with Crippen LogP contribution >= 0.6 is 0 Å². The summed E-state index contributed by atoms with van der Waals surface area (Å²) in [6, 6.07) is 5.24. The van der Waals surface area contributed by atoms with Crippen LogP contribution in [0.3, 0.4) is 0 Å². The predicted octanol–water partition coefficient (Wildman–Crippen LogP) is 1.97. The molecule has 1 N–H and O–H groups in total. The molecular weight excluding hydrogens is 260 g/mol. The minimum absolute atomic E-state index is 0.370. The van der Waals surface area contributed by atoms with Gasteiger partial charge in [0.25, 0.3) is 0 Å². The Morgan fingerprint density at radius 1 is 1.40 bits per heavy atom. The summed E-state index contributed by atoms with van der Waals surface area (Å²) in [5, 5.41) is 8.95. The fraction of sp³-hybridized carbons (Fsp3) is 0.214. The van der Waals surface area contributed by atoms with Gasteiger partial charge in [0, 0.05) is 24.9 Å². The van der Waals surface area contributed by atoms with Crippen molar-refractivity contribution in [2.45, 2.75) is 19.4 Å². The van der Waals surface area contributed by atoms with Crippen LogP contribution < -0.4 is 9.47 Å². The van der Waals surface area contributed by atoms with Crippen LogP contribution in [-0.2, 0) is 11.2 Å². The summed E-state index contributed by atoms with van der Waals surface area (Å²) >= 11 is 0. The smallest absolute Gasteiger partial charge is 0.345 e. The molecule has 1 aromatic carbocycles. The second-order valence-corrected chi connectivity index (χ2v) is 4.47. The van der Waals surface area contributed by atoms with E-state index in [1.54, 1.807) is 37.5 Å². The number of aromatic nitrogens is 2. The fourth-order valence-electron chi connectivity index (χ4n) is 2.02. The first kappa shape index (κ1) is 12.4. The van der Waals surface area contributed by atoms with E-state index >= 15 is 0 Å². The van der Waals surface area contributed by atoms with Gasteiger partial charge >= 0.3 is 5.97 Å². The molecule has 1 aromatic heterocycles. The normalized spacial score (nSPS) is 16.4. The van der Waals surface area contributed by atoms with Crippen molar-refractivity contribution < 1.29 is 19.4 Å². The van der Waals surface area contributed by atoms with Gasteiger partial charge in [-0.15, -0.1) is 0 Å². The van der Waals surface area contributed by atoms with Gasteiger partial charge < -0.3 is 14.6 Å². The third kappa shape index (κ3) is 2.27. The molecule has 1 aliphatic rings. The van der Waals surface area contributed by atoms with E-state index in [0.29, 0.717) is 29.5 Å². The lowest BCUT2D eigenvalue weighted by Crippen LogP contribution is -2.24. The standard InChI is InChI=1S/C14H12N2O4/c1-8-13(16-5-4-15-8)19-10-3-2-9-6-12(14(17)18)20-11(9)7-10/h2-5,7,12H,6H2,1H3,(H,17,18). The highest BCUT2D eigenvalue weighted by Crippen LogP contribution is 2.34. The Balaban J connectivity index is 1.83. The van der Waals surface area contributed by atoms with Crippen LogP contribution in [0.1, 0.15) is 11.3 Å². The molecule has 0 bridgehead atoms. The third-order valence-electron chi connectivity index (χ3n) is 3.04. The summed E-state index contributed by atoms with van der Waals surface area (Å²) in [6.07, 6.45) is 2.69. The summed E-state index contributed by atoms with van der Waals surface area (Å²) < 4.78 is 11.0. The number of carboxylic acids is 1. The molecule has 20 heavy (non-hydrogen) atoms. The molecule has 0 amide bonds. The van der Waals surface area contributed by atoms with Crippen LogP contribution in [0.4, 0.5) is 0 Å². The average Bonchev–Trinajstić information content (AvgIpc) is 2.85. The van der Waals surface area contributed by atoms with E-state index in [9.17, 15) is 4.79 Å². The van der Waals surface area contributed by atoms with Crippen LogP contribution in [0.2, 0.25) is 0 Å². The van der Waals surface area contributed by atoms with Gasteiger partial charge in [0.05, 0.1) is 5.69 Å². The molecule has 6 heteroatoms. The van der Waals surface area contributed by atoms with Crippen molar-refractivity contribution in [3.8, 4) is 17.4 Å². The molecular formula is C14H12N2O4. The van der Waals surface area contributed by atoms with E-state index in [-0.39, 0.29) is 0 Å². The van der Waals surface area contributed by atoms with Crippen LogP contribution in [0, 0.1) is 6.92 Å². The predicted molar refractivity (Wildman–Crippen MR) is 69.0 cm³/mol. The van der Waals surface area contributed by atoms with Gasteiger partial charge in [0.1, 0.15) is 11.5 Å². The Kier molecular flexibility index (Phi) is 2.98. The van der Waals surface area contributed by atoms with Crippen LogP contribution in [0.15, 0.2) is 30.6 Å². The van der Waals surface area contributed by atoms with Gasteiger partial charge in [-0.25, -0.2) is 9.78 Å². The number of aryl methyl sites for hydroxylation is 1. The largest absolute Gasteiger partial charge is 0.478 e. The van der Waals surface area contributed by atoms with Crippen molar-refractivity contribution in [3.63, 3.8) is 0 Å². The molecule has 0 fully saturated rings. The highest BCUT2D eigenvalue weighted by molar-refractivity contribution is 5.74. The Morgan fingerprint density at radius 2 is 2.20 bits per heavy atom. The van der Waals surface area contributed by atoms with E-state index in [2.05, 4.69) is 9.97 Å². The Hall–Kier alpha value is -2.63. The highest BCUT2D eigenvalue weighted by atomic mass is 16.5. The van der Waals surface area contributed by atoms with E-state index in [1.807, 2.05) is 0 Å². The first-order valence-corrected chi connectivity index (χ1v) is 6.11. The molecule has 2 aromatic rings. The SMILES string of the molecule is Cc1nccnc1Oc1ccc2c(c1)OC(C(=O)O)C2. The van der Waals surface area contributed by atoms with Gasteiger partial charge in [0.2, 0.25) is 5.88 Å². The maximum Gasteiger partial charge on any atom is 0.345 e. The van der Waals surface area contributed by atoms with Crippen molar-refractivity contribution >= 4 is 5.97 Å². The molecule has 0 saturated heterocycles. The fourth-order valence-corrected chi connectivity index (χ4v) is 2.02. The van der Waals surface area contributed by atoms with Gasteiger partial charge in [-0.05, 0) is 18.6 Å². The molecule has 1 atom stereocenters. The number of aliphatic carboxylic acids is 1. The van der Waals surface area contributed by atoms with Gasteiger partial charge in [-0.2, -0.15) is 0 Å². The number of rotatable bonds is 3. The highest BCUT2D eigenvalue weighted by Gasteiger charge is 2.29. The number of hydrogen-bond donors (Lipinski definition) is 1. The summed E-state index contributed by atoms with van der Waals surface area (Å²) in [6.45, 7) is 1.80. The number of hydrogen-bond acceptors (Lipinski definition) is 5. The maximum atomic E-state index is 10.9. The topological polar surface area (TPSA) is 81.5 Å². The lowest BCUT2D eigenvalue weighted by Gasteiger charge is -2.08. The van der Waals surface area contributed by atoms with Crippen molar-refractivity contribution in [2.24, 2.45) is 0 Å². The Bertz CT molecular complexity index is 672. The molecule has 1 aliphatic heterocycles. The molecule has 2 heterocycles. The van der Waals surface area contributed by atoms with E-state index in [4.69, 9.17) is 14.6 Å². The summed E-state index contributed by atoms with van der Waals surface area (Å²) in [7, 11) is 0. The summed E-state index contributed by atoms with van der Waals surface area (Å²) in [5.41, 5.74) is 1.54. The third-order valence-corrected chi connectivity index (χ3v) is 3.04. The first-order valence-electron chi connectivity index (χ1n) is 6.11. The molecule has 102 valence electrons. The summed E-state index contributed by atoms with van der Waals surface area (Å²) in [5.74, 6) is 0.531. The zero-order valence-electron chi connectivity index (χ0n) is 10.7. The van der Waals surface area contributed by atoms with Crippen molar-refractivity contribution in [1.29, 1.82) is 0 Å². The number of carbonyl (C=O) groups is 1. The second-order valence-electron chi connectivity index (χ2n) is 4.47. The minimum atomic E-state index is -0.964. The molecule has 3 rings (SSSR count). The van der Waals surface area contributed by atoms with Gasteiger partial charge in [-0.3, -0.25) is 4.98 Å². The lowest BCUT2D eigenvalue weighted by atomic mass is 10.1. The molecule has 6 nitrogen and oxygen atoms in total. The number of carboxylic acid groups (broad SMARTS) is 1.